The lowest BCUT2D eigenvalue weighted by molar-refractivity contribution is -0.134. The number of aryl methyl sites for hydroxylation is 1. The molecule has 0 bridgehead atoms. The molecular weight excluding hydrogens is 364 g/mol. The Labute approximate surface area is 165 Å². The molecule has 7 heteroatoms. The molecule has 2 heterocycles. The van der Waals surface area contributed by atoms with Crippen molar-refractivity contribution in [2.45, 2.75) is 59.8 Å². The molecule has 1 aliphatic rings. The average molecular weight is 395 g/mol. The molecule has 6 nitrogen and oxygen atoms in total. The number of amides is 2. The zero-order valence-corrected chi connectivity index (χ0v) is 17.5. The van der Waals surface area contributed by atoms with Crippen LogP contribution in [0.15, 0.2) is 6.07 Å². The second-order valence-corrected chi connectivity index (χ2v) is 9.10. The van der Waals surface area contributed by atoms with Crippen LogP contribution in [0.3, 0.4) is 0 Å². The minimum Gasteiger partial charge on any atom is -0.451 e. The normalized spacial score (nSPS) is 15.6. The standard InChI is InChI=1S/C20H30N2O4S/c1-14-12-15(21-19(25)20(2,3)4)27-17(14)18(24)26-13-16(23)22-10-8-6-5-7-9-11-22/h12H,5-11,13H2,1-4H3,(H,21,25). The van der Waals surface area contributed by atoms with Crippen molar-refractivity contribution in [2.75, 3.05) is 25.0 Å². The Morgan fingerprint density at radius 1 is 1.11 bits per heavy atom. The lowest BCUT2D eigenvalue weighted by Gasteiger charge is -2.24. The molecule has 1 aliphatic heterocycles. The molecule has 27 heavy (non-hydrogen) atoms. The Morgan fingerprint density at radius 2 is 1.70 bits per heavy atom. The molecule has 2 amide bonds. The van der Waals surface area contributed by atoms with Crippen LogP contribution in [0, 0.1) is 12.3 Å². The first-order chi connectivity index (χ1) is 12.7. The molecule has 1 N–H and O–H groups in total. The minimum absolute atomic E-state index is 0.115. The van der Waals surface area contributed by atoms with Gasteiger partial charge in [0, 0.05) is 18.5 Å². The van der Waals surface area contributed by atoms with E-state index in [2.05, 4.69) is 5.32 Å². The maximum absolute atomic E-state index is 12.4. The number of nitrogens with one attached hydrogen (secondary N) is 1. The first-order valence-corrected chi connectivity index (χ1v) is 10.4. The topological polar surface area (TPSA) is 75.7 Å². The van der Waals surface area contributed by atoms with Gasteiger partial charge in [-0.05, 0) is 31.4 Å². The van der Waals surface area contributed by atoms with E-state index in [1.165, 1.54) is 17.8 Å². The summed E-state index contributed by atoms with van der Waals surface area (Å²) in [4.78, 5) is 39.0. The highest BCUT2D eigenvalue weighted by molar-refractivity contribution is 7.18. The second-order valence-electron chi connectivity index (χ2n) is 8.05. The van der Waals surface area contributed by atoms with Crippen LogP contribution in [0.25, 0.3) is 0 Å². The predicted molar refractivity (Wildman–Crippen MR) is 107 cm³/mol. The number of ether oxygens (including phenoxy) is 1. The Morgan fingerprint density at radius 3 is 2.30 bits per heavy atom. The Balaban J connectivity index is 1.91. The second kappa shape index (κ2) is 9.35. The molecular formula is C20H30N2O4S. The van der Waals surface area contributed by atoms with Crippen molar-refractivity contribution in [3.63, 3.8) is 0 Å². The molecule has 0 aromatic carbocycles. The van der Waals surface area contributed by atoms with E-state index in [1.807, 2.05) is 20.8 Å². The Bertz CT molecular complexity index is 683. The summed E-state index contributed by atoms with van der Waals surface area (Å²) in [7, 11) is 0. The van der Waals surface area contributed by atoms with Crippen molar-refractivity contribution >= 4 is 34.1 Å². The van der Waals surface area contributed by atoms with Crippen LogP contribution in [0.1, 0.15) is 68.1 Å². The van der Waals surface area contributed by atoms with Gasteiger partial charge in [-0.25, -0.2) is 4.79 Å². The third-order valence-corrected chi connectivity index (χ3v) is 5.69. The SMILES string of the molecule is Cc1cc(NC(=O)C(C)(C)C)sc1C(=O)OCC(=O)N1CCCCCCC1. The lowest BCUT2D eigenvalue weighted by atomic mass is 9.96. The summed E-state index contributed by atoms with van der Waals surface area (Å²) in [6.45, 7) is 8.51. The van der Waals surface area contributed by atoms with Crippen molar-refractivity contribution in [1.29, 1.82) is 0 Å². The highest BCUT2D eigenvalue weighted by Crippen LogP contribution is 2.29. The Kier molecular flexibility index (Phi) is 7.41. The van der Waals surface area contributed by atoms with E-state index >= 15 is 0 Å². The monoisotopic (exact) mass is 394 g/mol. The maximum Gasteiger partial charge on any atom is 0.349 e. The zero-order valence-electron chi connectivity index (χ0n) is 16.7. The number of likely N-dealkylation sites (tertiary alicyclic amines) is 1. The van der Waals surface area contributed by atoms with E-state index in [0.717, 1.165) is 44.3 Å². The van der Waals surface area contributed by atoms with Gasteiger partial charge in [-0.15, -0.1) is 11.3 Å². The molecule has 0 radical (unpaired) electrons. The smallest absolute Gasteiger partial charge is 0.349 e. The van der Waals surface area contributed by atoms with Crippen molar-refractivity contribution in [1.82, 2.24) is 4.90 Å². The van der Waals surface area contributed by atoms with Crippen LogP contribution in [0.5, 0.6) is 0 Å². The Hall–Kier alpha value is -1.89. The number of carbonyl (C=O) groups excluding carboxylic acids is 3. The number of hydrogen-bond donors (Lipinski definition) is 1. The van der Waals surface area contributed by atoms with E-state index in [0.29, 0.717) is 9.88 Å². The molecule has 1 fully saturated rings. The molecule has 150 valence electrons. The molecule has 1 saturated heterocycles. The number of anilines is 1. The van der Waals surface area contributed by atoms with E-state index < -0.39 is 11.4 Å². The maximum atomic E-state index is 12.4. The molecule has 0 spiro atoms. The van der Waals surface area contributed by atoms with Crippen LogP contribution < -0.4 is 5.32 Å². The number of carbonyl (C=O) groups is 3. The van der Waals surface area contributed by atoms with E-state index in [-0.39, 0.29) is 18.4 Å². The lowest BCUT2D eigenvalue weighted by Crippen LogP contribution is -2.36. The first-order valence-electron chi connectivity index (χ1n) is 9.55. The highest BCUT2D eigenvalue weighted by atomic mass is 32.1. The number of esters is 1. The molecule has 2 rings (SSSR count). The number of thiophene rings is 1. The minimum atomic E-state index is -0.519. The fraction of sp³-hybridized carbons (Fsp3) is 0.650. The van der Waals surface area contributed by atoms with Crippen molar-refractivity contribution in [2.24, 2.45) is 5.41 Å². The predicted octanol–water partition coefficient (Wildman–Crippen LogP) is 3.99. The number of rotatable bonds is 4. The van der Waals surface area contributed by atoms with E-state index in [9.17, 15) is 14.4 Å². The van der Waals surface area contributed by atoms with Gasteiger partial charge >= 0.3 is 5.97 Å². The summed E-state index contributed by atoms with van der Waals surface area (Å²) in [5.74, 6) is -0.772. The molecule has 0 atom stereocenters. The summed E-state index contributed by atoms with van der Waals surface area (Å²) < 4.78 is 5.25. The third-order valence-electron chi connectivity index (χ3n) is 4.56. The summed E-state index contributed by atoms with van der Waals surface area (Å²) >= 11 is 1.17. The fourth-order valence-electron chi connectivity index (χ4n) is 2.83. The van der Waals surface area contributed by atoms with Gasteiger partial charge in [0.2, 0.25) is 5.91 Å². The summed E-state index contributed by atoms with van der Waals surface area (Å²) in [5, 5.41) is 3.43. The van der Waals surface area contributed by atoms with Crippen molar-refractivity contribution < 1.29 is 19.1 Å². The van der Waals surface area contributed by atoms with Crippen LogP contribution in [0.2, 0.25) is 0 Å². The summed E-state index contributed by atoms with van der Waals surface area (Å²) in [6, 6.07) is 1.75. The van der Waals surface area contributed by atoms with Gasteiger partial charge in [-0.2, -0.15) is 0 Å². The van der Waals surface area contributed by atoms with Gasteiger partial charge in [0.15, 0.2) is 6.61 Å². The average Bonchev–Trinajstić information content (AvgIpc) is 2.91. The highest BCUT2D eigenvalue weighted by Gasteiger charge is 2.24. The van der Waals surface area contributed by atoms with Gasteiger partial charge in [0.05, 0.1) is 5.00 Å². The molecule has 0 saturated carbocycles. The van der Waals surface area contributed by atoms with Crippen LogP contribution in [-0.4, -0.2) is 42.4 Å². The molecule has 0 aliphatic carbocycles. The van der Waals surface area contributed by atoms with Gasteiger partial charge < -0.3 is 15.0 Å². The molecule has 1 aromatic heterocycles. The van der Waals surface area contributed by atoms with Crippen LogP contribution in [-0.2, 0) is 14.3 Å². The largest absolute Gasteiger partial charge is 0.451 e. The van der Waals surface area contributed by atoms with Crippen molar-refractivity contribution in [3.05, 3.63) is 16.5 Å². The number of nitrogens with zero attached hydrogens (tertiary/aromatic N) is 1. The zero-order chi connectivity index (χ0) is 20.0. The third kappa shape index (κ3) is 6.34. The van der Waals surface area contributed by atoms with E-state index in [4.69, 9.17) is 4.74 Å². The number of hydrogen-bond acceptors (Lipinski definition) is 5. The first kappa shape index (κ1) is 21.4. The van der Waals surface area contributed by atoms with Crippen LogP contribution >= 0.6 is 11.3 Å². The molecule has 1 aromatic rings. The van der Waals surface area contributed by atoms with Crippen LogP contribution in [0.4, 0.5) is 5.00 Å². The summed E-state index contributed by atoms with van der Waals surface area (Å²) in [5.41, 5.74) is 0.213. The van der Waals surface area contributed by atoms with Gasteiger partial charge in [-0.1, -0.05) is 40.0 Å². The van der Waals surface area contributed by atoms with Gasteiger partial charge in [-0.3, -0.25) is 9.59 Å². The molecule has 0 unspecified atom stereocenters. The van der Waals surface area contributed by atoms with Gasteiger partial charge in [0.25, 0.3) is 5.91 Å². The fourth-order valence-corrected chi connectivity index (χ4v) is 3.79. The van der Waals surface area contributed by atoms with Crippen molar-refractivity contribution in [3.8, 4) is 0 Å². The van der Waals surface area contributed by atoms with E-state index in [1.54, 1.807) is 17.9 Å². The summed E-state index contributed by atoms with van der Waals surface area (Å²) in [6.07, 6.45) is 5.51. The quantitative estimate of drug-likeness (QED) is 0.784. The van der Waals surface area contributed by atoms with Gasteiger partial charge in [0.1, 0.15) is 4.88 Å².